The first-order chi connectivity index (χ1) is 9.85. The molecule has 1 aromatic heterocycles. The molecular weight excluding hydrogens is 358 g/mol. The molecule has 1 heterocycles. The summed E-state index contributed by atoms with van der Waals surface area (Å²) in [7, 11) is -3.57. The summed E-state index contributed by atoms with van der Waals surface area (Å²) in [6, 6.07) is 9.82. The molecule has 0 saturated heterocycles. The number of sulfonamides is 1. The third-order valence-electron chi connectivity index (χ3n) is 2.55. The molecule has 0 radical (unpaired) electrons. The molecular formula is C13H12BrN3O3S. The van der Waals surface area contributed by atoms with Crippen LogP contribution in [0, 0.1) is 0 Å². The van der Waals surface area contributed by atoms with E-state index in [0.29, 0.717) is 15.7 Å². The lowest BCUT2D eigenvalue weighted by Gasteiger charge is -2.07. The Labute approximate surface area is 130 Å². The molecule has 1 amide bonds. The fraction of sp³-hybridized carbons (Fsp3) is 0.0769. The topological polar surface area (TPSA) is 102 Å². The first kappa shape index (κ1) is 15.6. The molecule has 21 heavy (non-hydrogen) atoms. The molecule has 1 aromatic carbocycles. The number of pyridine rings is 1. The first-order valence-corrected chi connectivity index (χ1v) is 8.37. The number of carbonyl (C=O) groups is 1. The van der Waals surface area contributed by atoms with Crippen molar-refractivity contribution < 1.29 is 13.2 Å². The monoisotopic (exact) mass is 369 g/mol. The molecule has 0 saturated carbocycles. The molecule has 0 aliphatic rings. The number of benzene rings is 1. The second kappa shape index (κ2) is 6.33. The minimum absolute atomic E-state index is 0.243. The van der Waals surface area contributed by atoms with E-state index in [0.717, 1.165) is 0 Å². The van der Waals surface area contributed by atoms with E-state index in [-0.39, 0.29) is 17.4 Å². The van der Waals surface area contributed by atoms with Gasteiger partial charge in [0, 0.05) is 16.4 Å². The molecule has 0 unspecified atom stereocenters. The fourth-order valence-electron chi connectivity index (χ4n) is 1.66. The normalized spacial score (nSPS) is 11.1. The molecule has 110 valence electrons. The molecule has 6 nitrogen and oxygen atoms in total. The molecule has 2 aromatic rings. The van der Waals surface area contributed by atoms with E-state index >= 15 is 0 Å². The van der Waals surface area contributed by atoms with Crippen LogP contribution in [0.2, 0.25) is 0 Å². The van der Waals surface area contributed by atoms with Gasteiger partial charge in [0.2, 0.25) is 10.0 Å². The van der Waals surface area contributed by atoms with E-state index in [1.165, 1.54) is 6.20 Å². The molecule has 0 aliphatic carbocycles. The van der Waals surface area contributed by atoms with Gasteiger partial charge >= 0.3 is 0 Å². The summed E-state index contributed by atoms with van der Waals surface area (Å²) < 4.78 is 22.6. The Kier molecular flexibility index (Phi) is 4.71. The molecule has 2 rings (SSSR count). The van der Waals surface area contributed by atoms with Crippen molar-refractivity contribution in [2.75, 3.05) is 5.32 Å². The second-order valence-corrected chi connectivity index (χ2v) is 6.76. The molecule has 0 spiro atoms. The summed E-state index contributed by atoms with van der Waals surface area (Å²) in [5, 5.41) is 7.64. The Bertz CT molecular complexity index is 760. The number of rotatable bonds is 4. The van der Waals surface area contributed by atoms with Crippen molar-refractivity contribution in [2.45, 2.75) is 5.75 Å². The third-order valence-corrected chi connectivity index (χ3v) is 3.93. The number of nitrogens with two attached hydrogens (primary N) is 1. The number of nitrogens with one attached hydrogen (secondary N) is 1. The highest BCUT2D eigenvalue weighted by Gasteiger charge is 2.11. The van der Waals surface area contributed by atoms with Gasteiger partial charge in [0.15, 0.2) is 0 Å². The number of anilines is 1. The maximum absolute atomic E-state index is 12.0. The lowest BCUT2D eigenvalue weighted by molar-refractivity contribution is 0.102. The van der Waals surface area contributed by atoms with Crippen molar-refractivity contribution in [1.29, 1.82) is 0 Å². The standard InChI is InChI=1S/C13H12BrN3O3S/c14-11-2-1-7-16-12(11)13(18)17-10-5-3-9(4-6-10)8-21(15,19)20/h1-7H,8H2,(H,17,18)(H2,15,19,20). The Morgan fingerprint density at radius 1 is 1.24 bits per heavy atom. The minimum atomic E-state index is -3.57. The third kappa shape index (κ3) is 4.62. The van der Waals surface area contributed by atoms with Crippen LogP contribution in [0.1, 0.15) is 16.1 Å². The van der Waals surface area contributed by atoms with Gasteiger partial charge in [-0.3, -0.25) is 4.79 Å². The van der Waals surface area contributed by atoms with Gasteiger partial charge < -0.3 is 5.32 Å². The van der Waals surface area contributed by atoms with Gasteiger partial charge in [0.1, 0.15) is 5.69 Å². The number of halogens is 1. The zero-order valence-corrected chi connectivity index (χ0v) is 13.2. The van der Waals surface area contributed by atoms with Crippen LogP contribution in [0.25, 0.3) is 0 Å². The summed E-state index contributed by atoms with van der Waals surface area (Å²) in [6.45, 7) is 0. The average Bonchev–Trinajstić information content (AvgIpc) is 2.40. The lowest BCUT2D eigenvalue weighted by atomic mass is 10.2. The molecule has 0 fully saturated rings. The highest BCUT2D eigenvalue weighted by atomic mass is 79.9. The molecule has 3 N–H and O–H groups in total. The highest BCUT2D eigenvalue weighted by molar-refractivity contribution is 9.10. The van der Waals surface area contributed by atoms with Crippen molar-refractivity contribution >= 4 is 37.5 Å². The number of hydrogen-bond donors (Lipinski definition) is 2. The van der Waals surface area contributed by atoms with Crippen LogP contribution in [-0.4, -0.2) is 19.3 Å². The van der Waals surface area contributed by atoms with Crippen LogP contribution in [0.4, 0.5) is 5.69 Å². The minimum Gasteiger partial charge on any atom is -0.321 e. The maximum Gasteiger partial charge on any atom is 0.275 e. The number of nitrogens with zero attached hydrogens (tertiary/aromatic N) is 1. The van der Waals surface area contributed by atoms with E-state index in [9.17, 15) is 13.2 Å². The van der Waals surface area contributed by atoms with Crippen LogP contribution in [0.3, 0.4) is 0 Å². The van der Waals surface area contributed by atoms with Crippen molar-refractivity contribution in [2.24, 2.45) is 5.14 Å². The van der Waals surface area contributed by atoms with Gasteiger partial charge in [-0.15, -0.1) is 0 Å². The van der Waals surface area contributed by atoms with Crippen LogP contribution >= 0.6 is 15.9 Å². The van der Waals surface area contributed by atoms with Gasteiger partial charge in [-0.1, -0.05) is 12.1 Å². The van der Waals surface area contributed by atoms with Crippen molar-refractivity contribution in [3.8, 4) is 0 Å². The summed E-state index contributed by atoms with van der Waals surface area (Å²) >= 11 is 3.25. The van der Waals surface area contributed by atoms with Gasteiger partial charge in [-0.2, -0.15) is 0 Å². The number of hydrogen-bond acceptors (Lipinski definition) is 4. The predicted octanol–water partition coefficient (Wildman–Crippen LogP) is 1.88. The average molecular weight is 370 g/mol. The van der Waals surface area contributed by atoms with Crippen molar-refractivity contribution in [3.63, 3.8) is 0 Å². The summed E-state index contributed by atoms with van der Waals surface area (Å²) in [6.07, 6.45) is 1.52. The fourth-order valence-corrected chi connectivity index (χ4v) is 2.75. The van der Waals surface area contributed by atoms with E-state index < -0.39 is 10.0 Å². The maximum atomic E-state index is 12.0. The Balaban J connectivity index is 2.10. The summed E-state index contributed by atoms with van der Waals surface area (Å²) in [4.78, 5) is 16.0. The number of amides is 1. The Morgan fingerprint density at radius 3 is 2.48 bits per heavy atom. The second-order valence-electron chi connectivity index (χ2n) is 4.29. The number of primary sulfonamides is 1. The van der Waals surface area contributed by atoms with Gasteiger partial charge in [0.05, 0.1) is 5.75 Å². The molecule has 0 bridgehead atoms. The number of carbonyl (C=O) groups excluding carboxylic acids is 1. The van der Waals surface area contributed by atoms with Gasteiger partial charge in [0.25, 0.3) is 5.91 Å². The van der Waals surface area contributed by atoms with E-state index in [1.54, 1.807) is 36.4 Å². The zero-order valence-electron chi connectivity index (χ0n) is 10.8. The van der Waals surface area contributed by atoms with E-state index in [4.69, 9.17) is 5.14 Å². The molecule has 0 aliphatic heterocycles. The van der Waals surface area contributed by atoms with E-state index in [2.05, 4.69) is 26.2 Å². The highest BCUT2D eigenvalue weighted by Crippen LogP contribution is 2.16. The van der Waals surface area contributed by atoms with Crippen molar-refractivity contribution in [3.05, 3.63) is 58.3 Å². The molecule has 0 atom stereocenters. The lowest BCUT2D eigenvalue weighted by Crippen LogP contribution is -2.15. The van der Waals surface area contributed by atoms with Crippen LogP contribution in [0.15, 0.2) is 47.1 Å². The SMILES string of the molecule is NS(=O)(=O)Cc1ccc(NC(=O)c2ncccc2Br)cc1. The van der Waals surface area contributed by atoms with Crippen LogP contribution in [0.5, 0.6) is 0 Å². The van der Waals surface area contributed by atoms with E-state index in [1.807, 2.05) is 0 Å². The smallest absolute Gasteiger partial charge is 0.275 e. The predicted molar refractivity (Wildman–Crippen MR) is 83.1 cm³/mol. The molecule has 8 heteroatoms. The zero-order chi connectivity index (χ0) is 15.5. The van der Waals surface area contributed by atoms with Crippen molar-refractivity contribution in [1.82, 2.24) is 4.98 Å². The Hall–Kier alpha value is -1.77. The largest absolute Gasteiger partial charge is 0.321 e. The first-order valence-electron chi connectivity index (χ1n) is 5.86. The quantitative estimate of drug-likeness (QED) is 0.858. The van der Waals surface area contributed by atoms with Gasteiger partial charge in [-0.25, -0.2) is 18.5 Å². The van der Waals surface area contributed by atoms with Gasteiger partial charge in [-0.05, 0) is 45.8 Å². The number of aromatic nitrogens is 1. The summed E-state index contributed by atoms with van der Waals surface area (Å²) in [5.74, 6) is -0.603. The van der Waals surface area contributed by atoms with Crippen LogP contribution in [-0.2, 0) is 15.8 Å². The summed E-state index contributed by atoms with van der Waals surface area (Å²) in [5.41, 5.74) is 1.36. The Morgan fingerprint density at radius 2 is 1.90 bits per heavy atom. The van der Waals surface area contributed by atoms with Crippen LogP contribution < -0.4 is 10.5 Å².